The first kappa shape index (κ1) is 22.5. The number of thioether (sulfide) groups is 2. The summed E-state index contributed by atoms with van der Waals surface area (Å²) in [5, 5.41) is 11.2. The molecule has 2 unspecified atom stereocenters. The monoisotopic (exact) mass is 437 g/mol. The SMILES string of the molecule is COc1ccccc1OCC(CC1CCCCC1)C(=O)SCC(O)C1=NCCS1. The van der Waals surface area contributed by atoms with Crippen molar-refractivity contribution in [1.82, 2.24) is 0 Å². The van der Waals surface area contributed by atoms with Crippen molar-refractivity contribution in [2.75, 3.05) is 31.8 Å². The Bertz CT molecular complexity index is 691. The van der Waals surface area contributed by atoms with Crippen LogP contribution in [0.15, 0.2) is 29.3 Å². The summed E-state index contributed by atoms with van der Waals surface area (Å²) < 4.78 is 11.4. The minimum absolute atomic E-state index is 0.105. The molecule has 0 saturated heterocycles. The summed E-state index contributed by atoms with van der Waals surface area (Å²) in [7, 11) is 1.62. The Morgan fingerprint density at radius 3 is 2.72 bits per heavy atom. The molecule has 5 nitrogen and oxygen atoms in total. The molecule has 0 radical (unpaired) electrons. The number of aliphatic hydroxyl groups excluding tert-OH is 1. The highest BCUT2D eigenvalue weighted by Gasteiger charge is 2.27. The molecule has 1 aliphatic heterocycles. The van der Waals surface area contributed by atoms with Crippen LogP contribution in [0.5, 0.6) is 11.5 Å². The van der Waals surface area contributed by atoms with Crippen LogP contribution in [-0.2, 0) is 4.79 Å². The first-order chi connectivity index (χ1) is 14.2. The van der Waals surface area contributed by atoms with Gasteiger partial charge in [0.15, 0.2) is 16.6 Å². The highest BCUT2D eigenvalue weighted by atomic mass is 32.2. The average molecular weight is 438 g/mol. The van der Waals surface area contributed by atoms with Crippen molar-refractivity contribution >= 4 is 33.7 Å². The molecule has 0 bridgehead atoms. The lowest BCUT2D eigenvalue weighted by Gasteiger charge is -2.26. The number of methoxy groups -OCH3 is 1. The van der Waals surface area contributed by atoms with Crippen molar-refractivity contribution in [2.24, 2.45) is 16.8 Å². The van der Waals surface area contributed by atoms with Gasteiger partial charge in [-0.3, -0.25) is 9.79 Å². The van der Waals surface area contributed by atoms with Gasteiger partial charge >= 0.3 is 0 Å². The molecule has 2 atom stereocenters. The number of aliphatic hydroxyl groups is 1. The third-order valence-electron chi connectivity index (χ3n) is 5.46. The minimum atomic E-state index is -0.651. The first-order valence-electron chi connectivity index (χ1n) is 10.4. The lowest BCUT2D eigenvalue weighted by molar-refractivity contribution is -0.115. The van der Waals surface area contributed by atoms with Gasteiger partial charge in [-0.15, -0.1) is 11.8 Å². The Morgan fingerprint density at radius 1 is 1.28 bits per heavy atom. The van der Waals surface area contributed by atoms with E-state index in [1.807, 2.05) is 24.3 Å². The van der Waals surface area contributed by atoms with Crippen molar-refractivity contribution in [3.63, 3.8) is 0 Å². The predicted octanol–water partition coefficient (Wildman–Crippen LogP) is 4.43. The van der Waals surface area contributed by atoms with Crippen LogP contribution in [0.25, 0.3) is 0 Å². The number of benzene rings is 1. The first-order valence-corrected chi connectivity index (χ1v) is 12.4. The Labute approximate surface area is 182 Å². The maximum atomic E-state index is 13.0. The van der Waals surface area contributed by atoms with Gasteiger partial charge in [0.05, 0.1) is 24.7 Å². The third kappa shape index (κ3) is 6.93. The van der Waals surface area contributed by atoms with Gasteiger partial charge in [0.25, 0.3) is 0 Å². The van der Waals surface area contributed by atoms with Crippen LogP contribution in [-0.4, -0.2) is 53.1 Å². The lowest BCUT2D eigenvalue weighted by Crippen LogP contribution is -2.26. The van der Waals surface area contributed by atoms with Crippen molar-refractivity contribution in [2.45, 2.75) is 44.6 Å². The molecule has 1 aliphatic carbocycles. The van der Waals surface area contributed by atoms with Crippen LogP contribution in [0.2, 0.25) is 0 Å². The number of para-hydroxylation sites is 2. The van der Waals surface area contributed by atoms with Crippen molar-refractivity contribution in [3.8, 4) is 11.5 Å². The van der Waals surface area contributed by atoms with Crippen LogP contribution in [0, 0.1) is 11.8 Å². The number of nitrogens with zero attached hydrogens (tertiary/aromatic N) is 1. The fourth-order valence-corrected chi connectivity index (χ4v) is 5.72. The van der Waals surface area contributed by atoms with Crippen LogP contribution in [0.3, 0.4) is 0 Å². The van der Waals surface area contributed by atoms with E-state index in [1.54, 1.807) is 18.9 Å². The maximum absolute atomic E-state index is 13.0. The second-order valence-corrected chi connectivity index (χ2v) is 9.75. The van der Waals surface area contributed by atoms with Gasteiger partial charge in [-0.2, -0.15) is 0 Å². The van der Waals surface area contributed by atoms with Gasteiger partial charge in [0, 0.05) is 18.1 Å². The molecule has 3 rings (SSSR count). The van der Waals surface area contributed by atoms with Crippen molar-refractivity contribution < 1.29 is 19.4 Å². The summed E-state index contributed by atoms with van der Waals surface area (Å²) in [5.74, 6) is 3.02. The smallest absolute Gasteiger partial charge is 0.195 e. The molecule has 29 heavy (non-hydrogen) atoms. The zero-order valence-corrected chi connectivity index (χ0v) is 18.7. The molecular weight excluding hydrogens is 406 g/mol. The largest absolute Gasteiger partial charge is 0.493 e. The van der Waals surface area contributed by atoms with Gasteiger partial charge in [0.1, 0.15) is 6.10 Å². The number of hydrogen-bond donors (Lipinski definition) is 1. The molecule has 2 aliphatic rings. The fourth-order valence-electron chi connectivity index (χ4n) is 3.89. The van der Waals surface area contributed by atoms with Gasteiger partial charge in [-0.25, -0.2) is 0 Å². The molecule has 1 saturated carbocycles. The number of aliphatic imine (C=N–C) groups is 1. The topological polar surface area (TPSA) is 68.1 Å². The van der Waals surface area contributed by atoms with Crippen LogP contribution in [0.4, 0.5) is 0 Å². The molecule has 1 heterocycles. The molecule has 1 aromatic carbocycles. The highest BCUT2D eigenvalue weighted by molar-refractivity contribution is 8.15. The summed E-state index contributed by atoms with van der Waals surface area (Å²) in [4.78, 5) is 17.3. The van der Waals surface area contributed by atoms with Gasteiger partial charge in [0.2, 0.25) is 0 Å². The highest BCUT2D eigenvalue weighted by Crippen LogP contribution is 2.33. The zero-order chi connectivity index (χ0) is 20.5. The summed E-state index contributed by atoms with van der Waals surface area (Å²) in [5.41, 5.74) is 0. The molecule has 0 aromatic heterocycles. The van der Waals surface area contributed by atoms with E-state index in [0.717, 1.165) is 23.8 Å². The average Bonchev–Trinajstić information content (AvgIpc) is 3.30. The van der Waals surface area contributed by atoms with Crippen molar-refractivity contribution in [3.05, 3.63) is 24.3 Å². The molecule has 0 spiro atoms. The minimum Gasteiger partial charge on any atom is -0.493 e. The molecule has 0 amide bonds. The quantitative estimate of drug-likeness (QED) is 0.584. The second-order valence-electron chi connectivity index (χ2n) is 7.61. The van der Waals surface area contributed by atoms with Crippen molar-refractivity contribution in [1.29, 1.82) is 0 Å². The van der Waals surface area contributed by atoms with E-state index in [1.165, 1.54) is 43.9 Å². The molecule has 1 aromatic rings. The van der Waals surface area contributed by atoms with E-state index in [4.69, 9.17) is 9.47 Å². The van der Waals surface area contributed by atoms with E-state index in [0.29, 0.717) is 29.8 Å². The summed E-state index contributed by atoms with van der Waals surface area (Å²) in [6.45, 7) is 1.10. The number of carbonyl (C=O) groups excluding carboxylic acids is 1. The van der Waals surface area contributed by atoms with E-state index in [-0.39, 0.29) is 11.0 Å². The van der Waals surface area contributed by atoms with E-state index in [2.05, 4.69) is 4.99 Å². The molecule has 1 N–H and O–H groups in total. The summed E-state index contributed by atoms with van der Waals surface area (Å²) in [6.07, 6.45) is 6.39. The third-order valence-corrected chi connectivity index (χ3v) is 7.65. The van der Waals surface area contributed by atoms with E-state index in [9.17, 15) is 9.90 Å². The van der Waals surface area contributed by atoms with Crippen LogP contribution in [0.1, 0.15) is 38.5 Å². The number of rotatable bonds is 10. The standard InChI is InChI=1S/C22H31NO4S2/c1-26-19-9-5-6-10-20(19)27-14-17(13-16-7-3-2-4-8-16)22(25)29-15-18(24)21-23-11-12-28-21/h5-6,9-10,16-18,24H,2-4,7-8,11-15H2,1H3. The van der Waals surface area contributed by atoms with Gasteiger partial charge < -0.3 is 14.6 Å². The van der Waals surface area contributed by atoms with Crippen LogP contribution < -0.4 is 9.47 Å². The summed E-state index contributed by atoms with van der Waals surface area (Å²) >= 11 is 2.81. The Balaban J connectivity index is 1.59. The molecule has 7 heteroatoms. The second kappa shape index (κ2) is 11.9. The predicted molar refractivity (Wildman–Crippen MR) is 121 cm³/mol. The van der Waals surface area contributed by atoms with Gasteiger partial charge in [-0.1, -0.05) is 56.0 Å². The maximum Gasteiger partial charge on any atom is 0.195 e. The zero-order valence-electron chi connectivity index (χ0n) is 17.0. The Kier molecular flexibility index (Phi) is 9.21. The summed E-state index contributed by atoms with van der Waals surface area (Å²) in [6, 6.07) is 7.53. The Morgan fingerprint density at radius 2 is 2.03 bits per heavy atom. The number of hydrogen-bond acceptors (Lipinski definition) is 7. The molecule has 160 valence electrons. The number of carbonyl (C=O) groups is 1. The van der Waals surface area contributed by atoms with E-state index < -0.39 is 6.10 Å². The van der Waals surface area contributed by atoms with Gasteiger partial charge in [-0.05, 0) is 24.5 Å². The molecular formula is C22H31NO4S2. The number of ether oxygens (including phenoxy) is 2. The van der Waals surface area contributed by atoms with E-state index >= 15 is 0 Å². The fraction of sp³-hybridized carbons (Fsp3) is 0.636. The Hall–Kier alpha value is -1.18. The normalized spacial score (nSPS) is 19.4. The molecule has 1 fully saturated rings. The lowest BCUT2D eigenvalue weighted by atomic mass is 9.83. The van der Waals surface area contributed by atoms with Crippen LogP contribution >= 0.6 is 23.5 Å².